The molecule has 2 aliphatic heterocycles. The van der Waals surface area contributed by atoms with Gasteiger partial charge in [-0.3, -0.25) is 4.98 Å². The highest BCUT2D eigenvalue weighted by Crippen LogP contribution is 2.48. The molecule has 2 aromatic rings. The van der Waals surface area contributed by atoms with Crippen molar-refractivity contribution in [1.29, 1.82) is 0 Å². The van der Waals surface area contributed by atoms with E-state index in [1.165, 1.54) is 0 Å². The average molecular weight is 355 g/mol. The summed E-state index contributed by atoms with van der Waals surface area (Å²) in [6, 6.07) is 5.92. The topological polar surface area (TPSA) is 70.0 Å². The molecule has 4 rings (SSSR count). The fourth-order valence-corrected chi connectivity index (χ4v) is 3.39. The van der Waals surface area contributed by atoms with E-state index < -0.39 is 12.7 Å². The number of nitrogens with zero attached hydrogens (tertiary/aromatic N) is 1. The van der Waals surface area contributed by atoms with Crippen molar-refractivity contribution in [3.63, 3.8) is 0 Å². The minimum atomic E-state index is -0.698. The fraction of sp³-hybridized carbons (Fsp3) is 0.421. The van der Waals surface area contributed by atoms with Crippen LogP contribution in [0.2, 0.25) is 6.32 Å². The lowest BCUT2D eigenvalue weighted by Gasteiger charge is -2.34. The lowest BCUT2D eigenvalue weighted by atomic mass is 9.79. The second-order valence-corrected chi connectivity index (χ2v) is 7.35. The van der Waals surface area contributed by atoms with Gasteiger partial charge in [0.1, 0.15) is 12.2 Å². The highest BCUT2D eigenvalue weighted by atomic mass is 16.6. The summed E-state index contributed by atoms with van der Waals surface area (Å²) in [5.41, 5.74) is 2.47. The predicted molar refractivity (Wildman–Crippen MR) is 97.9 cm³/mol. The third-order valence-electron chi connectivity index (χ3n) is 4.76. The number of ether oxygens (including phenoxy) is 3. The Morgan fingerprint density at radius 3 is 2.85 bits per heavy atom. The number of rotatable bonds is 3. The van der Waals surface area contributed by atoms with Crippen molar-refractivity contribution < 1.29 is 23.9 Å². The molecule has 0 aliphatic carbocycles. The van der Waals surface area contributed by atoms with Gasteiger partial charge >= 0.3 is 7.12 Å². The van der Waals surface area contributed by atoms with Gasteiger partial charge in [-0.1, -0.05) is 0 Å². The first-order valence-corrected chi connectivity index (χ1v) is 8.74. The Bertz CT molecular complexity index is 826. The van der Waals surface area contributed by atoms with Crippen molar-refractivity contribution in [3.05, 3.63) is 36.2 Å². The maximum Gasteiger partial charge on any atom is 0.454 e. The monoisotopic (exact) mass is 355 g/mol. The van der Waals surface area contributed by atoms with Gasteiger partial charge in [0.15, 0.2) is 11.5 Å². The molecule has 1 saturated heterocycles. The number of fused-ring (bicyclic) bond motifs is 1. The molecule has 0 amide bonds. The van der Waals surface area contributed by atoms with Crippen molar-refractivity contribution >= 4 is 7.12 Å². The number of hydrogen-bond acceptors (Lipinski definition) is 6. The van der Waals surface area contributed by atoms with Crippen LogP contribution in [0.1, 0.15) is 25.3 Å². The molecule has 6 nitrogen and oxygen atoms in total. The Kier molecular flexibility index (Phi) is 4.29. The van der Waals surface area contributed by atoms with Gasteiger partial charge < -0.3 is 23.9 Å². The smallest absolute Gasteiger partial charge is 0.454 e. The second kappa shape index (κ2) is 6.48. The van der Waals surface area contributed by atoms with Crippen molar-refractivity contribution in [2.45, 2.75) is 31.7 Å². The van der Waals surface area contributed by atoms with Crippen LogP contribution in [0.4, 0.5) is 0 Å². The lowest BCUT2D eigenvalue weighted by molar-refractivity contribution is 0.0190. The molecule has 0 saturated carbocycles. The zero-order valence-electron chi connectivity index (χ0n) is 15.2. The van der Waals surface area contributed by atoms with Crippen LogP contribution in [0.5, 0.6) is 17.2 Å². The predicted octanol–water partition coefficient (Wildman–Crippen LogP) is 2.90. The Morgan fingerprint density at radius 1 is 1.27 bits per heavy atom. The highest BCUT2D eigenvalue weighted by Gasteiger charge is 2.33. The third kappa shape index (κ3) is 3.13. The van der Waals surface area contributed by atoms with Crippen LogP contribution < -0.4 is 14.2 Å². The summed E-state index contributed by atoms with van der Waals surface area (Å²) in [7, 11) is 0.921. The van der Waals surface area contributed by atoms with Gasteiger partial charge in [0.25, 0.3) is 0 Å². The summed E-state index contributed by atoms with van der Waals surface area (Å²) < 4.78 is 22.9. The first-order valence-electron chi connectivity index (χ1n) is 8.74. The Morgan fingerprint density at radius 2 is 2.12 bits per heavy atom. The first kappa shape index (κ1) is 17.2. The molecule has 136 valence electrons. The normalized spacial score (nSPS) is 20.9. The molecule has 1 fully saturated rings. The molecular formula is C19H22BNO5. The summed E-state index contributed by atoms with van der Waals surface area (Å²) in [6.07, 6.45) is 4.21. The van der Waals surface area contributed by atoms with Gasteiger partial charge in [-0.25, -0.2) is 0 Å². The van der Waals surface area contributed by atoms with Crippen LogP contribution in [-0.4, -0.2) is 43.1 Å². The number of aromatic nitrogens is 1. The van der Waals surface area contributed by atoms with E-state index in [0.29, 0.717) is 36.8 Å². The second-order valence-electron chi connectivity index (χ2n) is 7.35. The van der Waals surface area contributed by atoms with Crippen molar-refractivity contribution in [2.24, 2.45) is 0 Å². The van der Waals surface area contributed by atoms with E-state index in [1.807, 2.05) is 32.2 Å². The molecule has 1 N–H and O–H groups in total. The highest BCUT2D eigenvalue weighted by molar-refractivity contribution is 6.43. The van der Waals surface area contributed by atoms with Crippen molar-refractivity contribution in [1.82, 2.24) is 4.98 Å². The number of methoxy groups -OCH3 is 1. The van der Waals surface area contributed by atoms with E-state index in [1.54, 1.807) is 13.3 Å². The molecule has 7 heteroatoms. The largest absolute Gasteiger partial charge is 0.493 e. The molecule has 26 heavy (non-hydrogen) atoms. The maximum atomic E-state index is 9.62. The molecule has 1 aromatic heterocycles. The zero-order valence-corrected chi connectivity index (χ0v) is 15.2. The fourth-order valence-electron chi connectivity index (χ4n) is 3.39. The first-order chi connectivity index (χ1) is 12.5. The molecule has 0 bridgehead atoms. The number of pyridine rings is 1. The number of hydrogen-bond donors (Lipinski definition) is 1. The standard InChI is InChI=1S/C19H22BNO5/c1-19(2)11-24-17-15(4-5-16(23-3)18(17)26-19)13-6-12(8-21-9-13)14-7-20(22)25-10-14/h4-6,8-9,14,22H,7,10-11H2,1-3H3/t14-/m0/s1. The Labute approximate surface area is 153 Å². The van der Waals surface area contributed by atoms with Gasteiger partial charge in [0.2, 0.25) is 5.75 Å². The molecule has 0 unspecified atom stereocenters. The van der Waals surface area contributed by atoms with Crippen molar-refractivity contribution in [2.75, 3.05) is 20.3 Å². The minimum absolute atomic E-state index is 0.141. The van der Waals surface area contributed by atoms with Crippen molar-refractivity contribution in [3.8, 4) is 28.4 Å². The summed E-state index contributed by atoms with van der Waals surface area (Å²) >= 11 is 0. The molecule has 0 spiro atoms. The molecule has 1 aromatic carbocycles. The molecule has 2 aliphatic rings. The summed E-state index contributed by atoms with van der Waals surface area (Å²) in [6.45, 7) is 4.92. The Balaban J connectivity index is 1.75. The third-order valence-corrected chi connectivity index (χ3v) is 4.76. The van der Waals surface area contributed by atoms with Gasteiger partial charge in [-0.15, -0.1) is 0 Å². The van der Waals surface area contributed by atoms with Crippen LogP contribution >= 0.6 is 0 Å². The summed E-state index contributed by atoms with van der Waals surface area (Å²) in [5, 5.41) is 9.62. The van der Waals surface area contributed by atoms with E-state index in [9.17, 15) is 5.02 Å². The summed E-state index contributed by atoms with van der Waals surface area (Å²) in [5.74, 6) is 2.08. The van der Waals surface area contributed by atoms with Crippen LogP contribution in [0.15, 0.2) is 30.6 Å². The SMILES string of the molecule is COc1ccc(-c2cncc([C@@H]3COB(O)C3)c2)c2c1OC(C)(C)CO2. The van der Waals surface area contributed by atoms with Gasteiger partial charge in [0.05, 0.1) is 7.11 Å². The molecule has 3 heterocycles. The van der Waals surface area contributed by atoms with E-state index in [4.69, 9.17) is 18.9 Å². The quantitative estimate of drug-likeness (QED) is 0.854. The van der Waals surface area contributed by atoms with E-state index in [-0.39, 0.29) is 5.92 Å². The summed E-state index contributed by atoms with van der Waals surface area (Å²) in [4.78, 5) is 4.39. The van der Waals surface area contributed by atoms with Crippen LogP contribution in [0.3, 0.4) is 0 Å². The van der Waals surface area contributed by atoms with Crippen LogP contribution in [0.25, 0.3) is 11.1 Å². The lowest BCUT2D eigenvalue weighted by Crippen LogP contribution is -2.39. The van der Waals surface area contributed by atoms with Gasteiger partial charge in [-0.2, -0.15) is 0 Å². The van der Waals surface area contributed by atoms with E-state index in [2.05, 4.69) is 11.1 Å². The molecule has 0 radical (unpaired) electrons. The van der Waals surface area contributed by atoms with E-state index in [0.717, 1.165) is 16.7 Å². The number of benzene rings is 1. The molecule has 1 atom stereocenters. The van der Waals surface area contributed by atoms with Crippen LogP contribution in [0, 0.1) is 0 Å². The van der Waals surface area contributed by atoms with E-state index >= 15 is 0 Å². The van der Waals surface area contributed by atoms with Gasteiger partial charge in [0, 0.05) is 36.0 Å². The zero-order chi connectivity index (χ0) is 18.3. The maximum absolute atomic E-state index is 9.62. The Hall–Kier alpha value is -2.25. The minimum Gasteiger partial charge on any atom is -0.493 e. The van der Waals surface area contributed by atoms with Crippen LogP contribution in [-0.2, 0) is 4.65 Å². The average Bonchev–Trinajstić information content (AvgIpc) is 3.06. The molecular weight excluding hydrogens is 333 g/mol. The van der Waals surface area contributed by atoms with Gasteiger partial charge in [-0.05, 0) is 43.9 Å².